The van der Waals surface area contributed by atoms with E-state index in [2.05, 4.69) is 51.6 Å². The molecule has 2 aliphatic heterocycles. The number of hydrogen-bond donors (Lipinski definition) is 1. The molecule has 0 bridgehead atoms. The average molecular weight is 549 g/mol. The second kappa shape index (κ2) is 9.79. The SMILES string of the molecule is CC(C)(C)OC(=O)NC1c2ccccc2CC12CC=C(c1cnc3c(n1)CN=C3N1CCCc3ncccc31)CC2. The van der Waals surface area contributed by atoms with Crippen LogP contribution < -0.4 is 10.2 Å². The van der Waals surface area contributed by atoms with Crippen molar-refractivity contribution >= 4 is 23.2 Å². The molecule has 8 heteroatoms. The van der Waals surface area contributed by atoms with Crippen LogP contribution in [-0.4, -0.2) is 39.0 Å². The second-order valence-corrected chi connectivity index (χ2v) is 12.7. The third-order valence-corrected chi connectivity index (χ3v) is 8.80. The molecule has 0 radical (unpaired) electrons. The number of ether oxygens (including phenoxy) is 1. The van der Waals surface area contributed by atoms with E-state index < -0.39 is 5.60 Å². The van der Waals surface area contributed by atoms with E-state index in [4.69, 9.17) is 19.7 Å². The Labute approximate surface area is 241 Å². The van der Waals surface area contributed by atoms with Gasteiger partial charge in [-0.05, 0) is 88.1 Å². The highest BCUT2D eigenvalue weighted by Crippen LogP contribution is 2.54. The van der Waals surface area contributed by atoms with E-state index in [1.165, 1.54) is 16.7 Å². The Balaban J connectivity index is 1.12. The van der Waals surface area contributed by atoms with Crippen molar-refractivity contribution in [3.63, 3.8) is 0 Å². The Bertz CT molecular complexity index is 1590. The number of aromatic nitrogens is 3. The normalized spacial score (nSPS) is 22.9. The molecule has 0 saturated carbocycles. The monoisotopic (exact) mass is 548 g/mol. The fourth-order valence-electron chi connectivity index (χ4n) is 6.94. The highest BCUT2D eigenvalue weighted by Gasteiger charge is 2.47. The van der Waals surface area contributed by atoms with Crippen molar-refractivity contribution in [1.29, 1.82) is 0 Å². The lowest BCUT2D eigenvalue weighted by atomic mass is 9.70. The van der Waals surface area contributed by atoms with E-state index in [1.54, 1.807) is 0 Å². The number of aryl methyl sites for hydroxylation is 1. The molecule has 1 N–H and O–H groups in total. The molecule has 7 rings (SSSR count). The zero-order chi connectivity index (χ0) is 28.2. The van der Waals surface area contributed by atoms with Crippen LogP contribution in [0.25, 0.3) is 5.57 Å². The smallest absolute Gasteiger partial charge is 0.408 e. The van der Waals surface area contributed by atoms with Gasteiger partial charge in [0.25, 0.3) is 0 Å². The van der Waals surface area contributed by atoms with Crippen molar-refractivity contribution in [2.45, 2.75) is 77.5 Å². The Hall–Kier alpha value is -4.07. The molecule has 1 spiro atoms. The summed E-state index contributed by atoms with van der Waals surface area (Å²) in [5.74, 6) is 0.907. The first-order valence-electron chi connectivity index (χ1n) is 14.7. The van der Waals surface area contributed by atoms with Gasteiger partial charge in [-0.1, -0.05) is 30.3 Å². The molecule has 210 valence electrons. The highest BCUT2D eigenvalue weighted by molar-refractivity contribution is 6.11. The third kappa shape index (κ3) is 4.69. The molecule has 8 nitrogen and oxygen atoms in total. The number of hydrogen-bond acceptors (Lipinski definition) is 7. The maximum Gasteiger partial charge on any atom is 0.408 e. The Morgan fingerprint density at radius 3 is 2.80 bits per heavy atom. The first kappa shape index (κ1) is 25.9. The molecular formula is C33H36N6O2. The van der Waals surface area contributed by atoms with E-state index in [9.17, 15) is 4.79 Å². The average Bonchev–Trinajstić information content (AvgIpc) is 3.51. The number of pyridine rings is 1. The summed E-state index contributed by atoms with van der Waals surface area (Å²) >= 11 is 0. The quantitative estimate of drug-likeness (QED) is 0.425. The standard InChI is InChI=1S/C33H36N6O2/c1-32(2,3)41-31(40)38-29-23-9-5-4-8-22(23)18-33(29)14-12-21(13-15-33)25-19-35-28-26(37-25)20-36-30(28)39-17-7-10-24-27(39)11-6-16-34-24/h4-6,8-9,11-12,16,19,29H,7,10,13-15,17-18,20H2,1-3H3,(H,38,40). The highest BCUT2D eigenvalue weighted by atomic mass is 16.6. The summed E-state index contributed by atoms with van der Waals surface area (Å²) in [7, 11) is 0. The summed E-state index contributed by atoms with van der Waals surface area (Å²) in [5, 5.41) is 3.24. The van der Waals surface area contributed by atoms with Gasteiger partial charge in [0.05, 0.1) is 41.6 Å². The van der Waals surface area contributed by atoms with Crippen molar-refractivity contribution < 1.29 is 9.53 Å². The van der Waals surface area contributed by atoms with E-state index in [0.717, 1.165) is 79.4 Å². The van der Waals surface area contributed by atoms with Crippen molar-refractivity contribution in [3.8, 4) is 0 Å². The molecule has 4 aliphatic rings. The van der Waals surface area contributed by atoms with Gasteiger partial charge in [0.1, 0.15) is 11.3 Å². The Morgan fingerprint density at radius 1 is 1.10 bits per heavy atom. The molecule has 2 unspecified atom stereocenters. The third-order valence-electron chi connectivity index (χ3n) is 8.80. The van der Waals surface area contributed by atoms with Crippen LogP contribution >= 0.6 is 0 Å². The number of allylic oxidation sites excluding steroid dienone is 2. The predicted octanol–water partition coefficient (Wildman–Crippen LogP) is 5.96. The number of benzene rings is 1. The number of aliphatic imine (C=N–C) groups is 1. The molecule has 0 saturated heterocycles. The van der Waals surface area contributed by atoms with Crippen LogP contribution in [0.4, 0.5) is 10.5 Å². The molecule has 2 atom stereocenters. The molecule has 1 amide bonds. The molecular weight excluding hydrogens is 512 g/mol. The van der Waals surface area contributed by atoms with Crippen molar-refractivity contribution in [1.82, 2.24) is 20.3 Å². The summed E-state index contributed by atoms with van der Waals surface area (Å²) in [6, 6.07) is 12.5. The maximum atomic E-state index is 12.9. The van der Waals surface area contributed by atoms with Crippen LogP contribution in [0.5, 0.6) is 0 Å². The number of amidine groups is 1. The largest absolute Gasteiger partial charge is 0.444 e. The molecule has 2 aromatic heterocycles. The summed E-state index contributed by atoms with van der Waals surface area (Å²) in [5.41, 5.74) is 8.10. The molecule has 0 fully saturated rings. The van der Waals surface area contributed by atoms with Gasteiger partial charge in [-0.15, -0.1) is 0 Å². The van der Waals surface area contributed by atoms with E-state index in [1.807, 2.05) is 39.2 Å². The summed E-state index contributed by atoms with van der Waals surface area (Å²) < 4.78 is 5.65. The number of anilines is 1. The van der Waals surface area contributed by atoms with Gasteiger partial charge in [-0.25, -0.2) is 14.8 Å². The van der Waals surface area contributed by atoms with Gasteiger partial charge in [-0.2, -0.15) is 0 Å². The zero-order valence-electron chi connectivity index (χ0n) is 24.0. The van der Waals surface area contributed by atoms with E-state index >= 15 is 0 Å². The minimum absolute atomic E-state index is 0.0831. The molecule has 3 aromatic rings. The van der Waals surface area contributed by atoms with Crippen molar-refractivity contribution in [2.24, 2.45) is 10.4 Å². The molecule has 2 aliphatic carbocycles. The molecule has 4 heterocycles. The fraction of sp³-hybridized carbons (Fsp3) is 0.424. The first-order valence-corrected chi connectivity index (χ1v) is 14.7. The number of alkyl carbamates (subject to hydrolysis) is 1. The lowest BCUT2D eigenvalue weighted by Crippen LogP contribution is -2.42. The van der Waals surface area contributed by atoms with E-state index in [-0.39, 0.29) is 17.6 Å². The van der Waals surface area contributed by atoms with Gasteiger partial charge in [0, 0.05) is 18.2 Å². The number of nitrogens with zero attached hydrogens (tertiary/aromatic N) is 5. The van der Waals surface area contributed by atoms with Gasteiger partial charge >= 0.3 is 6.09 Å². The number of nitrogens with one attached hydrogen (secondary N) is 1. The Morgan fingerprint density at radius 2 is 1.98 bits per heavy atom. The van der Waals surface area contributed by atoms with Crippen LogP contribution in [-0.2, 0) is 24.1 Å². The molecule has 41 heavy (non-hydrogen) atoms. The lowest BCUT2D eigenvalue weighted by molar-refractivity contribution is 0.0442. The van der Waals surface area contributed by atoms with Crippen LogP contribution in [0.2, 0.25) is 0 Å². The fourth-order valence-corrected chi connectivity index (χ4v) is 6.94. The van der Waals surface area contributed by atoms with Crippen LogP contribution in [0, 0.1) is 5.41 Å². The van der Waals surface area contributed by atoms with Gasteiger partial charge < -0.3 is 15.0 Å². The number of rotatable bonds is 2. The van der Waals surface area contributed by atoms with E-state index in [0.29, 0.717) is 6.54 Å². The topological polar surface area (TPSA) is 92.6 Å². The van der Waals surface area contributed by atoms with Crippen LogP contribution in [0.1, 0.15) is 86.4 Å². The maximum absolute atomic E-state index is 12.9. The minimum atomic E-state index is -0.543. The van der Waals surface area contributed by atoms with Crippen LogP contribution in [0.3, 0.4) is 0 Å². The molecule has 1 aromatic carbocycles. The lowest BCUT2D eigenvalue weighted by Gasteiger charge is -2.39. The number of carbonyl (C=O) groups is 1. The minimum Gasteiger partial charge on any atom is -0.444 e. The zero-order valence-corrected chi connectivity index (χ0v) is 24.0. The first-order chi connectivity index (χ1) is 19.8. The number of carbonyl (C=O) groups excluding carboxylic acids is 1. The Kier molecular flexibility index (Phi) is 6.17. The van der Waals surface area contributed by atoms with Crippen LogP contribution in [0.15, 0.2) is 59.9 Å². The van der Waals surface area contributed by atoms with Gasteiger partial charge in [0.2, 0.25) is 0 Å². The number of fused-ring (bicyclic) bond motifs is 3. The second-order valence-electron chi connectivity index (χ2n) is 12.7. The summed E-state index contributed by atoms with van der Waals surface area (Å²) in [6.45, 7) is 7.15. The number of amides is 1. The van der Waals surface area contributed by atoms with Crippen molar-refractivity contribution in [2.75, 3.05) is 11.4 Å². The summed E-state index contributed by atoms with van der Waals surface area (Å²) in [6.07, 6.45) is 11.4. The van der Waals surface area contributed by atoms with Gasteiger partial charge in [-0.3, -0.25) is 9.98 Å². The summed E-state index contributed by atoms with van der Waals surface area (Å²) in [4.78, 5) is 34.5. The van der Waals surface area contributed by atoms with Gasteiger partial charge in [0.15, 0.2) is 5.84 Å². The van der Waals surface area contributed by atoms with Crippen molar-refractivity contribution in [3.05, 3.63) is 88.8 Å². The predicted molar refractivity (Wildman–Crippen MR) is 159 cm³/mol.